The number of piperidine rings is 1. The maximum atomic E-state index is 12.0. The number of nitrogens with two attached hydrogens (primary N) is 1. The van der Waals surface area contributed by atoms with E-state index in [0.29, 0.717) is 39.0 Å². The molecule has 2 fully saturated rings. The third-order valence-corrected chi connectivity index (χ3v) is 4.21. The van der Waals surface area contributed by atoms with Gasteiger partial charge in [0.25, 0.3) is 0 Å². The number of hydrogen-bond donors (Lipinski definition) is 2. The summed E-state index contributed by atoms with van der Waals surface area (Å²) in [7, 11) is 0. The number of carbonyl (C=O) groups excluding carboxylic acids is 1. The summed E-state index contributed by atoms with van der Waals surface area (Å²) in [6.45, 7) is 8.11. The molecule has 0 aromatic carbocycles. The van der Waals surface area contributed by atoms with Crippen LogP contribution in [0.3, 0.4) is 0 Å². The summed E-state index contributed by atoms with van der Waals surface area (Å²) in [4.78, 5) is 26.5. The molecule has 3 N–H and O–H groups in total. The van der Waals surface area contributed by atoms with Crippen molar-refractivity contribution >= 4 is 6.09 Å². The molecule has 1 amide bonds. The quantitative estimate of drug-likeness (QED) is 0.548. The summed E-state index contributed by atoms with van der Waals surface area (Å²) in [5.74, 6) is 0. The van der Waals surface area contributed by atoms with Crippen LogP contribution in [0.15, 0.2) is 0 Å². The smallest absolute Gasteiger partial charge is 0.410 e. The number of nitrogens with zero attached hydrogens (tertiary/aromatic N) is 3. The summed E-state index contributed by atoms with van der Waals surface area (Å²) in [6, 6.07) is -0.727. The molecule has 0 aliphatic carbocycles. The highest BCUT2D eigenvalue weighted by Gasteiger charge is 2.38. The lowest BCUT2D eigenvalue weighted by Gasteiger charge is -2.42. The average molecular weight is 329 g/mol. The molecular formula is C14H27N5O4. The zero-order chi connectivity index (χ0) is 17.2. The van der Waals surface area contributed by atoms with Crippen LogP contribution in [0.1, 0.15) is 33.6 Å². The first-order valence-corrected chi connectivity index (χ1v) is 8.04. The number of nitrogens with one attached hydrogen (secondary N) is 1. The Hall–Kier alpha value is -1.45. The molecule has 0 saturated carbocycles. The van der Waals surface area contributed by atoms with E-state index in [1.54, 1.807) is 4.90 Å². The van der Waals surface area contributed by atoms with Gasteiger partial charge in [0.15, 0.2) is 0 Å². The Morgan fingerprint density at radius 1 is 1.26 bits per heavy atom. The Morgan fingerprint density at radius 3 is 2.35 bits per heavy atom. The fourth-order valence-electron chi connectivity index (χ4n) is 2.99. The zero-order valence-electron chi connectivity index (χ0n) is 14.0. The van der Waals surface area contributed by atoms with E-state index in [2.05, 4.69) is 10.2 Å². The van der Waals surface area contributed by atoms with Crippen molar-refractivity contribution in [2.24, 2.45) is 5.73 Å². The van der Waals surface area contributed by atoms with E-state index in [4.69, 9.17) is 10.5 Å². The van der Waals surface area contributed by atoms with Gasteiger partial charge in [-0.05, 0) is 27.2 Å². The molecule has 0 aromatic rings. The molecule has 0 radical (unpaired) electrons. The van der Waals surface area contributed by atoms with Crippen molar-refractivity contribution in [3.63, 3.8) is 0 Å². The monoisotopic (exact) mass is 329 g/mol. The van der Waals surface area contributed by atoms with E-state index in [9.17, 15) is 14.9 Å². The highest BCUT2D eigenvalue weighted by molar-refractivity contribution is 5.68. The molecule has 0 bridgehead atoms. The second-order valence-electron chi connectivity index (χ2n) is 7.14. The summed E-state index contributed by atoms with van der Waals surface area (Å²) < 4.78 is 5.37. The van der Waals surface area contributed by atoms with Crippen molar-refractivity contribution in [1.29, 1.82) is 0 Å². The van der Waals surface area contributed by atoms with Gasteiger partial charge >= 0.3 is 6.09 Å². The van der Waals surface area contributed by atoms with E-state index in [-0.39, 0.29) is 17.2 Å². The second-order valence-corrected chi connectivity index (χ2v) is 7.14. The number of rotatable bonds is 2. The predicted octanol–water partition coefficient (Wildman–Crippen LogP) is 0.179. The zero-order valence-corrected chi connectivity index (χ0v) is 14.0. The number of piperazine rings is 1. The van der Waals surface area contributed by atoms with Gasteiger partial charge in [0.1, 0.15) is 11.8 Å². The van der Waals surface area contributed by atoms with Crippen molar-refractivity contribution in [3.8, 4) is 0 Å². The van der Waals surface area contributed by atoms with Crippen LogP contribution in [0.25, 0.3) is 0 Å². The van der Waals surface area contributed by atoms with Crippen LogP contribution in [0.5, 0.6) is 0 Å². The van der Waals surface area contributed by atoms with Gasteiger partial charge in [-0.15, -0.1) is 0 Å². The molecule has 132 valence electrons. The van der Waals surface area contributed by atoms with Gasteiger partial charge in [-0.1, -0.05) is 0 Å². The number of amides is 1. The van der Waals surface area contributed by atoms with Gasteiger partial charge in [-0.25, -0.2) is 4.79 Å². The van der Waals surface area contributed by atoms with E-state index in [1.165, 1.54) is 0 Å². The van der Waals surface area contributed by atoms with Crippen LogP contribution in [-0.2, 0) is 4.74 Å². The lowest BCUT2D eigenvalue weighted by molar-refractivity contribution is -0.530. The summed E-state index contributed by atoms with van der Waals surface area (Å²) in [5.41, 5.74) is 5.36. The summed E-state index contributed by atoms with van der Waals surface area (Å²) in [5, 5.41) is 14.0. The molecule has 9 nitrogen and oxygen atoms in total. The van der Waals surface area contributed by atoms with Gasteiger partial charge in [0.05, 0.1) is 6.17 Å². The predicted molar refractivity (Wildman–Crippen MR) is 84.3 cm³/mol. The minimum atomic E-state index is -0.727. The van der Waals surface area contributed by atoms with E-state index in [0.717, 1.165) is 0 Å². The Bertz CT molecular complexity index is 445. The Morgan fingerprint density at radius 2 is 1.87 bits per heavy atom. The summed E-state index contributed by atoms with van der Waals surface area (Å²) in [6.07, 6.45) is 0.262. The number of ether oxygens (including phenoxy) is 1. The Labute approximate surface area is 136 Å². The molecule has 2 rings (SSSR count). The van der Waals surface area contributed by atoms with Crippen LogP contribution in [-0.4, -0.2) is 71.0 Å². The maximum Gasteiger partial charge on any atom is 0.410 e. The molecule has 3 unspecified atom stereocenters. The molecule has 0 aromatic heterocycles. The average Bonchev–Trinajstić information content (AvgIpc) is 2.45. The number of nitro groups is 1. The van der Waals surface area contributed by atoms with Crippen molar-refractivity contribution in [1.82, 2.24) is 15.1 Å². The molecule has 2 aliphatic heterocycles. The van der Waals surface area contributed by atoms with E-state index < -0.39 is 17.8 Å². The van der Waals surface area contributed by atoms with Crippen molar-refractivity contribution < 1.29 is 14.5 Å². The Kier molecular flexibility index (Phi) is 5.43. The highest BCUT2D eigenvalue weighted by atomic mass is 16.6. The van der Waals surface area contributed by atoms with Gasteiger partial charge in [0.2, 0.25) is 6.04 Å². The highest BCUT2D eigenvalue weighted by Crippen LogP contribution is 2.19. The van der Waals surface area contributed by atoms with Crippen LogP contribution in [0.2, 0.25) is 0 Å². The second kappa shape index (κ2) is 6.98. The fraction of sp³-hybridized carbons (Fsp3) is 0.929. The number of carbonyl (C=O) groups is 1. The van der Waals surface area contributed by atoms with Gasteiger partial charge in [0, 0.05) is 37.5 Å². The number of hydrogen-bond acceptors (Lipinski definition) is 7. The van der Waals surface area contributed by atoms with Gasteiger partial charge in [-0.2, -0.15) is 0 Å². The molecule has 0 spiro atoms. The van der Waals surface area contributed by atoms with Crippen LogP contribution in [0, 0.1) is 10.1 Å². The maximum absolute atomic E-state index is 12.0. The molecule has 23 heavy (non-hydrogen) atoms. The molecule has 2 saturated heterocycles. The topological polar surface area (TPSA) is 114 Å². The minimum absolute atomic E-state index is 0.0296. The third-order valence-electron chi connectivity index (χ3n) is 4.21. The normalized spacial score (nSPS) is 30.1. The molecule has 2 heterocycles. The lowest BCUT2D eigenvalue weighted by atomic mass is 10.0. The van der Waals surface area contributed by atoms with Crippen LogP contribution < -0.4 is 11.1 Å². The molecule has 2 aliphatic rings. The van der Waals surface area contributed by atoms with Gasteiger partial charge < -0.3 is 15.4 Å². The standard InChI is InChI=1S/C14H27N5O4/c1-14(2,3)23-13(20)18-8-6-17(7-9-18)11-5-4-10(19(21)22)12(15)16-11/h10-12,16H,4-9,15H2,1-3H3. The lowest BCUT2D eigenvalue weighted by Crippen LogP contribution is -2.64. The molecule has 9 heteroatoms. The Balaban J connectivity index is 1.81. The van der Waals surface area contributed by atoms with E-state index in [1.807, 2.05) is 20.8 Å². The summed E-state index contributed by atoms with van der Waals surface area (Å²) >= 11 is 0. The third kappa shape index (κ3) is 4.76. The SMILES string of the molecule is CC(C)(C)OC(=O)N1CCN(C2CCC([N+](=O)[O-])C(N)N2)CC1. The van der Waals surface area contributed by atoms with Crippen molar-refractivity contribution in [2.45, 2.75) is 57.6 Å². The molecule has 3 atom stereocenters. The van der Waals surface area contributed by atoms with Crippen molar-refractivity contribution in [3.05, 3.63) is 10.1 Å². The van der Waals surface area contributed by atoms with Crippen LogP contribution in [0.4, 0.5) is 4.79 Å². The van der Waals surface area contributed by atoms with E-state index >= 15 is 0 Å². The first-order valence-electron chi connectivity index (χ1n) is 8.04. The molecular weight excluding hydrogens is 302 g/mol. The van der Waals surface area contributed by atoms with Crippen LogP contribution >= 0.6 is 0 Å². The first kappa shape index (κ1) is 17.9. The minimum Gasteiger partial charge on any atom is -0.444 e. The largest absolute Gasteiger partial charge is 0.444 e. The van der Waals surface area contributed by atoms with Gasteiger partial charge in [-0.3, -0.25) is 20.3 Å². The van der Waals surface area contributed by atoms with Crippen molar-refractivity contribution in [2.75, 3.05) is 26.2 Å². The first-order chi connectivity index (χ1) is 10.7. The fourth-order valence-corrected chi connectivity index (χ4v) is 2.99.